The number of anilines is 1. The van der Waals surface area contributed by atoms with E-state index in [-0.39, 0.29) is 11.9 Å². The van der Waals surface area contributed by atoms with Crippen LogP contribution in [0.15, 0.2) is 66.0 Å². The number of aromatic nitrogens is 1. The minimum absolute atomic E-state index is 0.137. The first-order valence-corrected chi connectivity index (χ1v) is 8.02. The Bertz CT molecular complexity index is 938. The van der Waals surface area contributed by atoms with Crippen LogP contribution in [0.5, 0.6) is 5.75 Å². The van der Waals surface area contributed by atoms with Gasteiger partial charge in [0.15, 0.2) is 11.3 Å². The van der Waals surface area contributed by atoms with Crippen LogP contribution in [-0.2, 0) is 0 Å². The van der Waals surface area contributed by atoms with E-state index in [1.165, 1.54) is 6.20 Å². The molecule has 3 aromatic rings. The average molecular weight is 336 g/mol. The Morgan fingerprint density at radius 3 is 2.71 bits per heavy atom. The van der Waals surface area contributed by atoms with Crippen molar-refractivity contribution in [2.24, 2.45) is 5.10 Å². The minimum Gasteiger partial charge on any atom is -0.506 e. The quantitative estimate of drug-likeness (QED) is 0.702. The van der Waals surface area contributed by atoms with Crippen molar-refractivity contribution in [2.45, 2.75) is 6.17 Å². The lowest BCUT2D eigenvalue weighted by atomic mass is 10.1. The SMILES string of the molecule is CN1N=C(S)N(c2cccc3ccccc23)C1c1ccncc1O. The number of amidine groups is 1. The fourth-order valence-corrected chi connectivity index (χ4v) is 3.49. The molecule has 0 fully saturated rings. The summed E-state index contributed by atoms with van der Waals surface area (Å²) in [5.41, 5.74) is 1.72. The van der Waals surface area contributed by atoms with Gasteiger partial charge in [-0.15, -0.1) is 12.6 Å². The maximum Gasteiger partial charge on any atom is 0.186 e. The molecule has 0 bridgehead atoms. The van der Waals surface area contributed by atoms with Crippen LogP contribution in [0, 0.1) is 0 Å². The molecule has 0 aliphatic carbocycles. The lowest BCUT2D eigenvalue weighted by Crippen LogP contribution is -2.32. The molecule has 1 aliphatic rings. The maximum absolute atomic E-state index is 10.3. The number of fused-ring (bicyclic) bond motifs is 1. The summed E-state index contributed by atoms with van der Waals surface area (Å²) in [7, 11) is 1.87. The van der Waals surface area contributed by atoms with Gasteiger partial charge < -0.3 is 5.11 Å². The van der Waals surface area contributed by atoms with Crippen LogP contribution in [-0.4, -0.2) is 27.3 Å². The Balaban J connectivity index is 1.91. The Morgan fingerprint density at radius 2 is 1.88 bits per heavy atom. The number of rotatable bonds is 2. The minimum atomic E-state index is -0.286. The largest absolute Gasteiger partial charge is 0.506 e. The Morgan fingerprint density at radius 1 is 1.08 bits per heavy atom. The molecule has 1 unspecified atom stereocenters. The summed E-state index contributed by atoms with van der Waals surface area (Å²) in [4.78, 5) is 5.98. The van der Waals surface area contributed by atoms with Gasteiger partial charge in [0.2, 0.25) is 0 Å². The Hall–Kier alpha value is -2.73. The molecule has 1 N–H and O–H groups in total. The summed E-state index contributed by atoms with van der Waals surface area (Å²) in [5.74, 6) is 0.137. The first-order chi connectivity index (χ1) is 11.7. The van der Waals surface area contributed by atoms with Crippen molar-refractivity contribution in [3.8, 4) is 5.75 Å². The van der Waals surface area contributed by atoms with Gasteiger partial charge >= 0.3 is 0 Å². The Kier molecular flexibility index (Phi) is 3.54. The second-order valence-corrected chi connectivity index (χ2v) is 6.05. The number of benzene rings is 2. The fraction of sp³-hybridized carbons (Fsp3) is 0.111. The van der Waals surface area contributed by atoms with Crippen LogP contribution in [0.1, 0.15) is 11.7 Å². The molecule has 0 saturated heterocycles. The van der Waals surface area contributed by atoms with Crippen LogP contribution >= 0.6 is 12.6 Å². The molecule has 4 rings (SSSR count). The summed E-state index contributed by atoms with van der Waals surface area (Å²) in [6, 6.07) is 16.1. The molecule has 0 radical (unpaired) electrons. The van der Waals surface area contributed by atoms with Gasteiger partial charge in [-0.2, -0.15) is 5.10 Å². The van der Waals surface area contributed by atoms with Crippen LogP contribution in [0.4, 0.5) is 5.69 Å². The maximum atomic E-state index is 10.3. The van der Waals surface area contributed by atoms with E-state index in [0.717, 1.165) is 22.0 Å². The molecule has 1 aromatic heterocycles. The highest BCUT2D eigenvalue weighted by atomic mass is 32.1. The van der Waals surface area contributed by atoms with Crippen LogP contribution in [0.3, 0.4) is 0 Å². The third-order valence-electron chi connectivity index (χ3n) is 4.20. The van der Waals surface area contributed by atoms with Crippen molar-refractivity contribution in [1.29, 1.82) is 0 Å². The number of aromatic hydroxyl groups is 1. The molecule has 2 aromatic carbocycles. The van der Waals surface area contributed by atoms with E-state index < -0.39 is 0 Å². The van der Waals surface area contributed by atoms with Crippen LogP contribution in [0.2, 0.25) is 0 Å². The number of hydrogen-bond donors (Lipinski definition) is 2. The normalized spacial score (nSPS) is 17.4. The molecule has 6 heteroatoms. The zero-order valence-corrected chi connectivity index (χ0v) is 13.9. The predicted octanol–water partition coefficient (Wildman–Crippen LogP) is 3.59. The van der Waals surface area contributed by atoms with Crippen molar-refractivity contribution in [2.75, 3.05) is 11.9 Å². The van der Waals surface area contributed by atoms with E-state index in [1.54, 1.807) is 17.3 Å². The van der Waals surface area contributed by atoms with E-state index in [4.69, 9.17) is 0 Å². The number of pyridine rings is 1. The van der Waals surface area contributed by atoms with Gasteiger partial charge in [0.05, 0.1) is 11.9 Å². The van der Waals surface area contributed by atoms with Gasteiger partial charge in [-0.25, -0.2) is 0 Å². The molecule has 120 valence electrons. The monoisotopic (exact) mass is 336 g/mol. The predicted molar refractivity (Wildman–Crippen MR) is 99.3 cm³/mol. The molecule has 0 saturated carbocycles. The first-order valence-electron chi connectivity index (χ1n) is 7.57. The first kappa shape index (κ1) is 14.8. The lowest BCUT2D eigenvalue weighted by molar-refractivity contribution is 0.283. The number of hydrogen-bond acceptors (Lipinski definition) is 5. The van der Waals surface area contributed by atoms with Crippen molar-refractivity contribution in [3.63, 3.8) is 0 Å². The lowest BCUT2D eigenvalue weighted by Gasteiger charge is -2.30. The smallest absolute Gasteiger partial charge is 0.186 e. The van der Waals surface area contributed by atoms with E-state index in [9.17, 15) is 5.11 Å². The summed E-state index contributed by atoms with van der Waals surface area (Å²) in [6.45, 7) is 0. The zero-order chi connectivity index (χ0) is 16.7. The highest BCUT2D eigenvalue weighted by Gasteiger charge is 2.35. The van der Waals surface area contributed by atoms with Gasteiger partial charge in [0.1, 0.15) is 5.75 Å². The highest BCUT2D eigenvalue weighted by molar-refractivity contribution is 7.97. The third-order valence-corrected chi connectivity index (χ3v) is 4.50. The Labute approximate surface area is 145 Å². The molecule has 1 aliphatic heterocycles. The molecular formula is C18H16N4OS. The molecule has 1 atom stereocenters. The average Bonchev–Trinajstić information content (AvgIpc) is 2.89. The fourth-order valence-electron chi connectivity index (χ4n) is 3.13. The number of hydrazone groups is 1. The van der Waals surface area contributed by atoms with Crippen LogP contribution in [0.25, 0.3) is 10.8 Å². The number of nitrogens with zero attached hydrogens (tertiary/aromatic N) is 4. The zero-order valence-electron chi connectivity index (χ0n) is 13.0. The van der Waals surface area contributed by atoms with E-state index in [0.29, 0.717) is 5.17 Å². The molecule has 2 heterocycles. The molecule has 0 spiro atoms. The van der Waals surface area contributed by atoms with Gasteiger partial charge in [-0.05, 0) is 17.5 Å². The van der Waals surface area contributed by atoms with Crippen LogP contribution < -0.4 is 4.90 Å². The molecule has 5 nitrogen and oxygen atoms in total. The van der Waals surface area contributed by atoms with Crippen molar-refractivity contribution < 1.29 is 5.11 Å². The topological polar surface area (TPSA) is 52.0 Å². The molecule has 0 amide bonds. The summed E-state index contributed by atoms with van der Waals surface area (Å²) < 4.78 is 0. The van der Waals surface area contributed by atoms with E-state index in [1.807, 2.05) is 36.2 Å². The summed E-state index contributed by atoms with van der Waals surface area (Å²) in [6.07, 6.45) is 2.83. The van der Waals surface area contributed by atoms with Gasteiger partial charge in [0, 0.05) is 24.2 Å². The van der Waals surface area contributed by atoms with Crippen molar-refractivity contribution in [3.05, 3.63) is 66.5 Å². The van der Waals surface area contributed by atoms with Crippen molar-refractivity contribution >= 4 is 34.3 Å². The van der Waals surface area contributed by atoms with Crippen molar-refractivity contribution in [1.82, 2.24) is 9.99 Å². The summed E-state index contributed by atoms with van der Waals surface area (Å²) >= 11 is 4.56. The molecule has 24 heavy (non-hydrogen) atoms. The third kappa shape index (κ3) is 2.27. The van der Waals surface area contributed by atoms with E-state index in [2.05, 4.69) is 40.9 Å². The summed E-state index contributed by atoms with van der Waals surface area (Å²) in [5, 5.41) is 19.3. The standard InChI is InChI=1S/C18H16N4OS/c1-21-17(14-9-10-19-11-16(14)23)22(18(24)20-21)15-8-4-6-12-5-2-3-7-13(12)15/h2-11,17,23H,1H3,(H,20,24). The van der Waals surface area contributed by atoms with Gasteiger partial charge in [-0.1, -0.05) is 36.4 Å². The number of thiol groups is 1. The second-order valence-electron chi connectivity index (χ2n) is 5.65. The second kappa shape index (κ2) is 5.72. The highest BCUT2D eigenvalue weighted by Crippen LogP contribution is 2.40. The van der Waals surface area contributed by atoms with Gasteiger partial charge in [-0.3, -0.25) is 14.9 Å². The van der Waals surface area contributed by atoms with E-state index >= 15 is 0 Å². The van der Waals surface area contributed by atoms with Gasteiger partial charge in [0.25, 0.3) is 0 Å². The molecular weight excluding hydrogens is 320 g/mol.